The van der Waals surface area contributed by atoms with Crippen molar-refractivity contribution >= 4 is 5.82 Å². The van der Waals surface area contributed by atoms with Crippen molar-refractivity contribution in [1.29, 1.82) is 0 Å². The molecule has 0 bridgehead atoms. The first-order valence-corrected chi connectivity index (χ1v) is 5.63. The van der Waals surface area contributed by atoms with Crippen molar-refractivity contribution in [3.8, 4) is 0 Å². The predicted molar refractivity (Wildman–Crippen MR) is 59.6 cm³/mol. The molecule has 15 heavy (non-hydrogen) atoms. The summed E-state index contributed by atoms with van der Waals surface area (Å²) in [6, 6.07) is 2.50. The number of piperidine rings is 1. The average molecular weight is 209 g/mol. The molecule has 4 heteroatoms. The van der Waals surface area contributed by atoms with E-state index in [9.17, 15) is 0 Å². The fourth-order valence-electron chi connectivity index (χ4n) is 2.20. The maximum atomic E-state index is 5.55. The van der Waals surface area contributed by atoms with Crippen molar-refractivity contribution in [3.63, 3.8) is 0 Å². The van der Waals surface area contributed by atoms with Crippen LogP contribution in [0.2, 0.25) is 0 Å². The second-order valence-corrected chi connectivity index (χ2v) is 4.56. The smallest absolute Gasteiger partial charge is 0.167 e. The molecule has 1 saturated heterocycles. The summed E-state index contributed by atoms with van der Waals surface area (Å²) in [7, 11) is 0. The van der Waals surface area contributed by atoms with Crippen LogP contribution in [0.5, 0.6) is 0 Å². The molecule has 2 heterocycles. The van der Waals surface area contributed by atoms with Crippen LogP contribution in [-0.4, -0.2) is 29.2 Å². The Balaban J connectivity index is 1.93. The zero-order valence-electron chi connectivity index (χ0n) is 9.44. The summed E-state index contributed by atoms with van der Waals surface area (Å²) in [6.45, 7) is 6.77. The van der Waals surface area contributed by atoms with Gasteiger partial charge >= 0.3 is 0 Å². The van der Waals surface area contributed by atoms with Gasteiger partial charge in [0.1, 0.15) is 5.76 Å². The van der Waals surface area contributed by atoms with Gasteiger partial charge in [-0.25, -0.2) is 0 Å². The zero-order valence-corrected chi connectivity index (χ0v) is 9.44. The van der Waals surface area contributed by atoms with Crippen molar-refractivity contribution in [1.82, 2.24) is 10.1 Å². The lowest BCUT2D eigenvalue weighted by molar-refractivity contribution is 0.161. The van der Waals surface area contributed by atoms with Crippen molar-refractivity contribution in [2.24, 2.45) is 0 Å². The van der Waals surface area contributed by atoms with Crippen LogP contribution < -0.4 is 5.73 Å². The fourth-order valence-corrected chi connectivity index (χ4v) is 2.20. The van der Waals surface area contributed by atoms with Gasteiger partial charge in [-0.05, 0) is 39.8 Å². The van der Waals surface area contributed by atoms with E-state index in [-0.39, 0.29) is 0 Å². The largest absolute Gasteiger partial charge is 0.381 e. The molecule has 0 amide bonds. The Morgan fingerprint density at radius 2 is 2.13 bits per heavy atom. The van der Waals surface area contributed by atoms with Crippen molar-refractivity contribution in [3.05, 3.63) is 11.8 Å². The predicted octanol–water partition coefficient (Wildman–Crippen LogP) is 1.84. The average Bonchev–Trinajstić information content (AvgIpc) is 2.65. The third kappa shape index (κ3) is 2.31. The van der Waals surface area contributed by atoms with Crippen LogP contribution in [0.3, 0.4) is 0 Å². The minimum atomic E-state index is 0.497. The monoisotopic (exact) mass is 209 g/mol. The number of likely N-dealkylation sites (tertiary alicyclic amines) is 1. The minimum Gasteiger partial charge on any atom is -0.381 e. The highest BCUT2D eigenvalue weighted by atomic mass is 16.5. The molecular formula is C11H19N3O. The molecule has 0 unspecified atom stereocenters. The summed E-state index contributed by atoms with van der Waals surface area (Å²) in [4.78, 5) is 2.50. The lowest BCUT2D eigenvalue weighted by atomic mass is 9.94. The van der Waals surface area contributed by atoms with Gasteiger partial charge in [0, 0.05) is 18.0 Å². The highest BCUT2D eigenvalue weighted by Gasteiger charge is 2.24. The van der Waals surface area contributed by atoms with E-state index in [1.165, 1.54) is 0 Å². The van der Waals surface area contributed by atoms with E-state index in [1.54, 1.807) is 0 Å². The van der Waals surface area contributed by atoms with Gasteiger partial charge in [0.2, 0.25) is 0 Å². The second kappa shape index (κ2) is 4.23. The normalized spacial score (nSPS) is 19.9. The van der Waals surface area contributed by atoms with E-state index >= 15 is 0 Å². The molecule has 0 saturated carbocycles. The highest BCUT2D eigenvalue weighted by molar-refractivity contribution is 5.28. The fraction of sp³-hybridized carbons (Fsp3) is 0.727. The summed E-state index contributed by atoms with van der Waals surface area (Å²) in [5, 5.41) is 3.74. The van der Waals surface area contributed by atoms with Gasteiger partial charge in [-0.1, -0.05) is 5.16 Å². The lowest BCUT2D eigenvalue weighted by Gasteiger charge is -2.33. The topological polar surface area (TPSA) is 55.3 Å². The molecule has 1 aromatic heterocycles. The van der Waals surface area contributed by atoms with Crippen LogP contribution in [0.25, 0.3) is 0 Å². The quantitative estimate of drug-likeness (QED) is 0.807. The number of nitrogen functional groups attached to an aromatic ring is 1. The standard InChI is InChI=1S/C11H19N3O/c1-8(2)14-5-3-9(4-6-14)10-7-11(12)13-15-10/h7-9H,3-6H2,1-2H3,(H2,12,13). The number of hydrogen-bond acceptors (Lipinski definition) is 4. The summed E-state index contributed by atoms with van der Waals surface area (Å²) in [5.41, 5.74) is 5.55. The van der Waals surface area contributed by atoms with Crippen molar-refractivity contribution < 1.29 is 4.52 Å². The van der Waals surface area contributed by atoms with E-state index in [4.69, 9.17) is 10.3 Å². The van der Waals surface area contributed by atoms with Gasteiger partial charge in [-0.2, -0.15) is 0 Å². The first-order chi connectivity index (χ1) is 7.16. The van der Waals surface area contributed by atoms with Gasteiger partial charge < -0.3 is 15.2 Å². The summed E-state index contributed by atoms with van der Waals surface area (Å²) in [5.74, 6) is 1.96. The van der Waals surface area contributed by atoms with Crippen LogP contribution in [0.15, 0.2) is 10.6 Å². The minimum absolute atomic E-state index is 0.497. The van der Waals surface area contributed by atoms with E-state index < -0.39 is 0 Å². The molecule has 0 radical (unpaired) electrons. The van der Waals surface area contributed by atoms with Crippen molar-refractivity contribution in [2.75, 3.05) is 18.8 Å². The molecule has 0 aliphatic carbocycles. The second-order valence-electron chi connectivity index (χ2n) is 4.56. The van der Waals surface area contributed by atoms with Crippen LogP contribution in [0.4, 0.5) is 5.82 Å². The molecule has 4 nitrogen and oxygen atoms in total. The SMILES string of the molecule is CC(C)N1CCC(c2cc(N)no2)CC1. The molecule has 0 aromatic carbocycles. The van der Waals surface area contributed by atoms with Crippen molar-refractivity contribution in [2.45, 2.75) is 38.6 Å². The number of nitrogens with two attached hydrogens (primary N) is 1. The first kappa shape index (κ1) is 10.5. The Kier molecular flexibility index (Phi) is 2.95. The van der Waals surface area contributed by atoms with Gasteiger partial charge in [-0.15, -0.1) is 0 Å². The molecule has 0 atom stereocenters. The Bertz CT molecular complexity index is 313. The van der Waals surface area contributed by atoms with Crippen LogP contribution in [0, 0.1) is 0 Å². The Labute approximate surface area is 90.4 Å². The molecular weight excluding hydrogens is 190 g/mol. The Morgan fingerprint density at radius 1 is 1.47 bits per heavy atom. The summed E-state index contributed by atoms with van der Waals surface area (Å²) in [6.07, 6.45) is 2.29. The van der Waals surface area contributed by atoms with Gasteiger partial charge in [-0.3, -0.25) is 0 Å². The third-order valence-corrected chi connectivity index (χ3v) is 3.21. The molecule has 1 fully saturated rings. The third-order valence-electron chi connectivity index (χ3n) is 3.21. The van der Waals surface area contributed by atoms with Crippen LogP contribution in [0.1, 0.15) is 38.4 Å². The Hall–Kier alpha value is -1.03. The van der Waals surface area contributed by atoms with Crippen LogP contribution in [-0.2, 0) is 0 Å². The molecule has 2 rings (SSSR count). The maximum absolute atomic E-state index is 5.55. The maximum Gasteiger partial charge on any atom is 0.167 e. The molecule has 1 aliphatic rings. The van der Waals surface area contributed by atoms with E-state index in [0.29, 0.717) is 17.8 Å². The molecule has 0 spiro atoms. The lowest BCUT2D eigenvalue weighted by Crippen LogP contribution is -2.37. The summed E-state index contributed by atoms with van der Waals surface area (Å²) >= 11 is 0. The molecule has 1 aliphatic heterocycles. The number of aromatic nitrogens is 1. The molecule has 84 valence electrons. The number of rotatable bonds is 2. The van der Waals surface area contributed by atoms with E-state index in [1.807, 2.05) is 6.07 Å². The van der Waals surface area contributed by atoms with Gasteiger partial charge in [0.15, 0.2) is 5.82 Å². The molecule has 2 N–H and O–H groups in total. The first-order valence-electron chi connectivity index (χ1n) is 5.63. The van der Waals surface area contributed by atoms with Crippen LogP contribution >= 0.6 is 0 Å². The van der Waals surface area contributed by atoms with E-state index in [2.05, 4.69) is 23.9 Å². The summed E-state index contributed by atoms with van der Waals surface area (Å²) < 4.78 is 5.21. The van der Waals surface area contributed by atoms with Gasteiger partial charge in [0.05, 0.1) is 0 Å². The number of nitrogens with zero attached hydrogens (tertiary/aromatic N) is 2. The van der Waals surface area contributed by atoms with E-state index in [0.717, 1.165) is 31.7 Å². The zero-order chi connectivity index (χ0) is 10.8. The Morgan fingerprint density at radius 3 is 2.60 bits per heavy atom. The van der Waals surface area contributed by atoms with Gasteiger partial charge in [0.25, 0.3) is 0 Å². The number of hydrogen-bond donors (Lipinski definition) is 1. The number of anilines is 1. The highest BCUT2D eigenvalue weighted by Crippen LogP contribution is 2.29. The molecule has 1 aromatic rings.